The Balaban J connectivity index is 2.20. The summed E-state index contributed by atoms with van der Waals surface area (Å²) in [5.41, 5.74) is 0.474. The average Bonchev–Trinajstić information content (AvgIpc) is 2.49. The molecule has 0 radical (unpaired) electrons. The fourth-order valence-electron chi connectivity index (χ4n) is 2.92. The molecule has 2 atom stereocenters. The molecule has 1 aromatic rings. The van der Waals surface area contributed by atoms with Crippen LogP contribution < -0.4 is 0 Å². The highest BCUT2D eigenvalue weighted by Gasteiger charge is 2.42. The molecule has 0 heterocycles. The third-order valence-electron chi connectivity index (χ3n) is 3.91. The lowest BCUT2D eigenvalue weighted by Crippen LogP contribution is -2.41. The quantitative estimate of drug-likeness (QED) is 0.827. The maximum atomic E-state index is 9.64. The molecule has 0 aromatic heterocycles. The van der Waals surface area contributed by atoms with Crippen molar-refractivity contribution in [3.8, 4) is 6.07 Å². The first-order valence-corrected chi connectivity index (χ1v) is 7.03. The van der Waals surface area contributed by atoms with Gasteiger partial charge in [0.15, 0.2) is 5.60 Å². The molecule has 1 aliphatic carbocycles. The first-order valence-electron chi connectivity index (χ1n) is 7.03. The molecule has 3 heteroatoms. The predicted molar refractivity (Wildman–Crippen MR) is 73.6 cm³/mol. The Morgan fingerprint density at radius 3 is 2.79 bits per heavy atom. The van der Waals surface area contributed by atoms with Crippen LogP contribution in [0.2, 0.25) is 0 Å². The minimum Gasteiger partial charge on any atom is -0.396 e. The molecule has 0 saturated heterocycles. The average molecular weight is 259 g/mol. The Morgan fingerprint density at radius 2 is 2.11 bits per heavy atom. The molecule has 3 nitrogen and oxygen atoms in total. The minimum absolute atomic E-state index is 0.109. The van der Waals surface area contributed by atoms with Crippen molar-refractivity contribution in [3.05, 3.63) is 35.9 Å². The predicted octanol–water partition coefficient (Wildman–Crippen LogP) is 3.01. The van der Waals surface area contributed by atoms with Gasteiger partial charge in [-0.1, -0.05) is 36.8 Å². The third kappa shape index (κ3) is 3.15. The molecule has 1 aliphatic rings. The lowest BCUT2D eigenvalue weighted by molar-refractivity contribution is -0.0471. The molecule has 1 N–H and O–H groups in total. The number of aliphatic hydroxyl groups excluding tert-OH is 1. The first kappa shape index (κ1) is 14.0. The highest BCUT2D eigenvalue weighted by Crippen LogP contribution is 2.43. The van der Waals surface area contributed by atoms with Crippen molar-refractivity contribution in [2.45, 2.75) is 43.6 Å². The summed E-state index contributed by atoms with van der Waals surface area (Å²) in [5, 5.41) is 18.5. The Bertz CT molecular complexity index is 426. The van der Waals surface area contributed by atoms with E-state index < -0.39 is 5.60 Å². The van der Waals surface area contributed by atoms with Gasteiger partial charge >= 0.3 is 0 Å². The number of nitriles is 1. The SMILES string of the molecule is N#CC1(OCCCO)CCCCC1c1ccccc1. The van der Waals surface area contributed by atoms with Gasteiger partial charge in [0, 0.05) is 12.5 Å². The zero-order valence-electron chi connectivity index (χ0n) is 11.2. The van der Waals surface area contributed by atoms with Gasteiger partial charge in [0.05, 0.1) is 12.7 Å². The molecule has 0 bridgehead atoms. The van der Waals surface area contributed by atoms with E-state index in [-0.39, 0.29) is 12.5 Å². The molecule has 2 rings (SSSR count). The number of aliphatic hydroxyl groups is 1. The monoisotopic (exact) mass is 259 g/mol. The van der Waals surface area contributed by atoms with Crippen molar-refractivity contribution in [3.63, 3.8) is 0 Å². The Kier molecular flexibility index (Phi) is 4.95. The van der Waals surface area contributed by atoms with Crippen LogP contribution in [-0.4, -0.2) is 23.9 Å². The Hall–Kier alpha value is -1.37. The van der Waals surface area contributed by atoms with E-state index in [0.717, 1.165) is 25.7 Å². The topological polar surface area (TPSA) is 53.2 Å². The highest BCUT2D eigenvalue weighted by molar-refractivity contribution is 5.28. The lowest BCUT2D eigenvalue weighted by atomic mass is 9.72. The van der Waals surface area contributed by atoms with E-state index in [1.54, 1.807) is 0 Å². The standard InChI is InChI=1S/C16H21NO2/c17-13-16(19-12-6-11-18)10-5-4-9-15(16)14-7-2-1-3-8-14/h1-3,7-8,15,18H,4-6,9-12H2. The molecule has 0 spiro atoms. The van der Waals surface area contributed by atoms with Gasteiger partial charge in [0.25, 0.3) is 0 Å². The molecular formula is C16H21NO2. The van der Waals surface area contributed by atoms with E-state index in [9.17, 15) is 5.26 Å². The van der Waals surface area contributed by atoms with E-state index in [4.69, 9.17) is 9.84 Å². The second-order valence-electron chi connectivity index (χ2n) is 5.14. The summed E-state index contributed by atoms with van der Waals surface area (Å²) in [5.74, 6) is 0.145. The molecule has 102 valence electrons. The van der Waals surface area contributed by atoms with Crippen LogP contribution in [0, 0.1) is 11.3 Å². The minimum atomic E-state index is -0.714. The van der Waals surface area contributed by atoms with Crippen LogP contribution in [0.15, 0.2) is 30.3 Å². The highest BCUT2D eigenvalue weighted by atomic mass is 16.5. The van der Waals surface area contributed by atoms with Gasteiger partial charge in [-0.05, 0) is 31.2 Å². The van der Waals surface area contributed by atoms with Crippen LogP contribution in [-0.2, 0) is 4.74 Å². The van der Waals surface area contributed by atoms with Crippen molar-refractivity contribution in [1.82, 2.24) is 0 Å². The van der Waals surface area contributed by atoms with E-state index in [1.165, 1.54) is 5.56 Å². The van der Waals surface area contributed by atoms with Gasteiger partial charge in [0.2, 0.25) is 0 Å². The smallest absolute Gasteiger partial charge is 0.160 e. The maximum Gasteiger partial charge on any atom is 0.160 e. The Morgan fingerprint density at radius 1 is 1.32 bits per heavy atom. The molecule has 1 fully saturated rings. The van der Waals surface area contributed by atoms with Gasteiger partial charge in [-0.15, -0.1) is 0 Å². The zero-order chi connectivity index (χ0) is 13.6. The lowest BCUT2D eigenvalue weighted by Gasteiger charge is -2.39. The van der Waals surface area contributed by atoms with Crippen LogP contribution >= 0.6 is 0 Å². The van der Waals surface area contributed by atoms with Crippen LogP contribution in [0.5, 0.6) is 0 Å². The van der Waals surface area contributed by atoms with Crippen molar-refractivity contribution in [1.29, 1.82) is 5.26 Å². The number of ether oxygens (including phenoxy) is 1. The summed E-state index contributed by atoms with van der Waals surface area (Å²) in [6.45, 7) is 0.560. The van der Waals surface area contributed by atoms with Crippen molar-refractivity contribution in [2.24, 2.45) is 0 Å². The second-order valence-corrected chi connectivity index (χ2v) is 5.14. The number of hydrogen-bond donors (Lipinski definition) is 1. The fourth-order valence-corrected chi connectivity index (χ4v) is 2.92. The summed E-state index contributed by atoms with van der Waals surface area (Å²) < 4.78 is 5.91. The molecule has 0 amide bonds. The van der Waals surface area contributed by atoms with Crippen LogP contribution in [0.25, 0.3) is 0 Å². The second kappa shape index (κ2) is 6.70. The van der Waals surface area contributed by atoms with E-state index in [1.807, 2.05) is 18.2 Å². The van der Waals surface area contributed by atoms with Crippen molar-refractivity contribution < 1.29 is 9.84 Å². The Labute approximate surface area is 114 Å². The van der Waals surface area contributed by atoms with Crippen molar-refractivity contribution in [2.75, 3.05) is 13.2 Å². The normalized spacial score (nSPS) is 26.8. The van der Waals surface area contributed by atoms with Crippen LogP contribution in [0.1, 0.15) is 43.6 Å². The number of benzene rings is 1. The van der Waals surface area contributed by atoms with Crippen LogP contribution in [0.4, 0.5) is 0 Å². The van der Waals surface area contributed by atoms with Gasteiger partial charge in [-0.3, -0.25) is 0 Å². The number of nitrogens with zero attached hydrogens (tertiary/aromatic N) is 1. The molecule has 2 unspecified atom stereocenters. The molecule has 1 saturated carbocycles. The summed E-state index contributed by atoms with van der Waals surface area (Å²) in [7, 11) is 0. The maximum absolute atomic E-state index is 9.64. The fraction of sp³-hybridized carbons (Fsp3) is 0.562. The van der Waals surface area contributed by atoms with Gasteiger partial charge in [0.1, 0.15) is 0 Å². The van der Waals surface area contributed by atoms with E-state index in [0.29, 0.717) is 13.0 Å². The number of rotatable bonds is 5. The molecule has 19 heavy (non-hydrogen) atoms. The summed E-state index contributed by atoms with van der Waals surface area (Å²) in [6.07, 6.45) is 4.55. The molecule has 0 aliphatic heterocycles. The largest absolute Gasteiger partial charge is 0.396 e. The van der Waals surface area contributed by atoms with Gasteiger partial charge < -0.3 is 9.84 Å². The summed E-state index contributed by atoms with van der Waals surface area (Å²) in [6, 6.07) is 12.6. The van der Waals surface area contributed by atoms with Crippen LogP contribution in [0.3, 0.4) is 0 Å². The summed E-state index contributed by atoms with van der Waals surface area (Å²) >= 11 is 0. The molecular weight excluding hydrogens is 238 g/mol. The van der Waals surface area contributed by atoms with Gasteiger partial charge in [-0.2, -0.15) is 5.26 Å². The van der Waals surface area contributed by atoms with E-state index in [2.05, 4.69) is 18.2 Å². The summed E-state index contributed by atoms with van der Waals surface area (Å²) in [4.78, 5) is 0. The number of hydrogen-bond acceptors (Lipinski definition) is 3. The van der Waals surface area contributed by atoms with E-state index >= 15 is 0 Å². The third-order valence-corrected chi connectivity index (χ3v) is 3.91. The molecule has 1 aromatic carbocycles. The zero-order valence-corrected chi connectivity index (χ0v) is 11.2. The van der Waals surface area contributed by atoms with Gasteiger partial charge in [-0.25, -0.2) is 0 Å². The first-order chi connectivity index (χ1) is 9.32. The van der Waals surface area contributed by atoms with Crippen molar-refractivity contribution >= 4 is 0 Å².